The molecule has 0 aliphatic heterocycles. The van der Waals surface area contributed by atoms with E-state index < -0.39 is 9.84 Å². The number of hydrogen-bond donors (Lipinski definition) is 2. The molecule has 0 saturated carbocycles. The van der Waals surface area contributed by atoms with Crippen molar-refractivity contribution in [2.45, 2.75) is 45.5 Å². The lowest BCUT2D eigenvalue weighted by Crippen LogP contribution is -2.40. The summed E-state index contributed by atoms with van der Waals surface area (Å²) in [5, 5.41) is 6.43. The molecule has 154 valence electrons. The van der Waals surface area contributed by atoms with Crippen molar-refractivity contribution >= 4 is 15.8 Å². The molecule has 0 aliphatic rings. The Hall–Kier alpha value is -1.60. The van der Waals surface area contributed by atoms with E-state index >= 15 is 0 Å². The molecule has 1 unspecified atom stereocenters. The van der Waals surface area contributed by atoms with E-state index in [0.29, 0.717) is 31.4 Å². The molecule has 27 heavy (non-hydrogen) atoms. The van der Waals surface area contributed by atoms with Gasteiger partial charge in [0.1, 0.15) is 0 Å². The van der Waals surface area contributed by atoms with Gasteiger partial charge in [0.05, 0.1) is 17.6 Å². The average molecular weight is 398 g/mol. The summed E-state index contributed by atoms with van der Waals surface area (Å²) in [7, 11) is -1.39. The summed E-state index contributed by atoms with van der Waals surface area (Å²) in [4.78, 5) is 4.18. The molecule has 2 N–H and O–H groups in total. The van der Waals surface area contributed by atoms with E-state index in [0.717, 1.165) is 18.5 Å². The van der Waals surface area contributed by atoms with Gasteiger partial charge in [-0.1, -0.05) is 44.2 Å². The molecule has 0 aliphatic carbocycles. The van der Waals surface area contributed by atoms with Gasteiger partial charge in [-0.25, -0.2) is 8.42 Å². The first-order chi connectivity index (χ1) is 12.9. The molecular weight excluding hydrogens is 362 g/mol. The zero-order valence-electron chi connectivity index (χ0n) is 17.1. The largest absolute Gasteiger partial charge is 0.378 e. The Labute approximate surface area is 164 Å². The van der Waals surface area contributed by atoms with E-state index in [4.69, 9.17) is 4.74 Å². The number of sulfone groups is 1. The topological polar surface area (TPSA) is 79.8 Å². The predicted molar refractivity (Wildman–Crippen MR) is 113 cm³/mol. The number of guanidine groups is 1. The van der Waals surface area contributed by atoms with Gasteiger partial charge in [-0.05, 0) is 31.2 Å². The van der Waals surface area contributed by atoms with Crippen molar-refractivity contribution in [3.05, 3.63) is 35.9 Å². The SMILES string of the molecule is CCOC(CCNC(=NC)NCCCS(=O)(=O)Cc1ccccc1)C(C)C. The summed E-state index contributed by atoms with van der Waals surface area (Å²) < 4.78 is 30.1. The third kappa shape index (κ3) is 10.3. The van der Waals surface area contributed by atoms with Crippen LogP contribution in [0.4, 0.5) is 0 Å². The fourth-order valence-electron chi connectivity index (χ4n) is 2.78. The predicted octanol–water partition coefficient (Wildman–Crippen LogP) is 2.61. The van der Waals surface area contributed by atoms with Gasteiger partial charge in [-0.2, -0.15) is 0 Å². The van der Waals surface area contributed by atoms with Gasteiger partial charge in [0.25, 0.3) is 0 Å². The average Bonchev–Trinajstić information content (AvgIpc) is 2.63. The lowest BCUT2D eigenvalue weighted by atomic mass is 10.0. The van der Waals surface area contributed by atoms with E-state index in [1.54, 1.807) is 7.05 Å². The van der Waals surface area contributed by atoms with E-state index in [1.807, 2.05) is 37.3 Å². The quantitative estimate of drug-likeness (QED) is 0.322. The van der Waals surface area contributed by atoms with Gasteiger partial charge in [-0.3, -0.25) is 4.99 Å². The molecule has 1 aromatic carbocycles. The van der Waals surface area contributed by atoms with Crippen molar-refractivity contribution in [1.82, 2.24) is 10.6 Å². The summed E-state index contributed by atoms with van der Waals surface area (Å²) in [5.41, 5.74) is 0.831. The smallest absolute Gasteiger partial charge is 0.190 e. The number of aliphatic imine (C=N–C) groups is 1. The summed E-state index contributed by atoms with van der Waals surface area (Å²) in [6, 6.07) is 9.29. The Morgan fingerprint density at radius 2 is 1.81 bits per heavy atom. The lowest BCUT2D eigenvalue weighted by Gasteiger charge is -2.21. The highest BCUT2D eigenvalue weighted by Crippen LogP contribution is 2.10. The molecule has 1 aromatic rings. The molecule has 6 nitrogen and oxygen atoms in total. The zero-order chi connectivity index (χ0) is 20.1. The number of rotatable bonds is 12. The maximum atomic E-state index is 12.2. The molecule has 0 saturated heterocycles. The van der Waals surface area contributed by atoms with E-state index in [2.05, 4.69) is 29.5 Å². The summed E-state index contributed by atoms with van der Waals surface area (Å²) in [6.45, 7) is 8.36. The van der Waals surface area contributed by atoms with Gasteiger partial charge in [-0.15, -0.1) is 0 Å². The number of benzene rings is 1. The minimum atomic E-state index is -3.10. The zero-order valence-corrected chi connectivity index (χ0v) is 17.9. The van der Waals surface area contributed by atoms with Crippen LogP contribution in [0.25, 0.3) is 0 Å². The second kappa shape index (κ2) is 12.7. The number of hydrogen-bond acceptors (Lipinski definition) is 4. The normalized spacial score (nSPS) is 13.6. The molecular formula is C20H35N3O3S. The Morgan fingerprint density at radius 1 is 1.15 bits per heavy atom. The summed E-state index contributed by atoms with van der Waals surface area (Å²) in [5.74, 6) is 1.41. The second-order valence-corrected chi connectivity index (χ2v) is 9.07. The monoisotopic (exact) mass is 397 g/mol. The molecule has 0 fully saturated rings. The Kier molecular flexibility index (Phi) is 11.0. The molecule has 0 aromatic heterocycles. The van der Waals surface area contributed by atoms with Crippen molar-refractivity contribution in [3.8, 4) is 0 Å². The van der Waals surface area contributed by atoms with Crippen LogP contribution in [-0.4, -0.2) is 53.0 Å². The van der Waals surface area contributed by atoms with Crippen LogP contribution in [0.5, 0.6) is 0 Å². The van der Waals surface area contributed by atoms with Crippen molar-refractivity contribution in [3.63, 3.8) is 0 Å². The Balaban J connectivity index is 2.28. The van der Waals surface area contributed by atoms with Crippen molar-refractivity contribution in [1.29, 1.82) is 0 Å². The van der Waals surface area contributed by atoms with Crippen molar-refractivity contribution in [2.24, 2.45) is 10.9 Å². The van der Waals surface area contributed by atoms with Gasteiger partial charge in [0.2, 0.25) is 0 Å². The molecule has 0 spiro atoms. The van der Waals surface area contributed by atoms with Gasteiger partial charge in [0, 0.05) is 26.7 Å². The van der Waals surface area contributed by atoms with E-state index in [9.17, 15) is 8.42 Å². The van der Waals surface area contributed by atoms with E-state index in [1.165, 1.54) is 0 Å². The standard InChI is InChI=1S/C20H35N3O3S/c1-5-26-19(17(2)3)12-14-23-20(21-4)22-13-9-15-27(24,25)16-18-10-7-6-8-11-18/h6-8,10-11,17,19H,5,9,12-16H2,1-4H3,(H2,21,22,23). The Morgan fingerprint density at radius 3 is 2.41 bits per heavy atom. The van der Waals surface area contributed by atoms with Crippen LogP contribution in [0.1, 0.15) is 39.2 Å². The van der Waals surface area contributed by atoms with Crippen LogP contribution >= 0.6 is 0 Å². The maximum absolute atomic E-state index is 12.2. The Bertz CT molecular complexity index is 646. The first kappa shape index (κ1) is 23.4. The third-order valence-corrected chi connectivity index (χ3v) is 5.91. The van der Waals surface area contributed by atoms with Crippen LogP contribution in [0, 0.1) is 5.92 Å². The van der Waals surface area contributed by atoms with Crippen LogP contribution in [0.3, 0.4) is 0 Å². The number of nitrogens with zero attached hydrogens (tertiary/aromatic N) is 1. The first-order valence-electron chi connectivity index (χ1n) is 9.68. The van der Waals surface area contributed by atoms with E-state index in [-0.39, 0.29) is 17.6 Å². The fraction of sp³-hybridized carbons (Fsp3) is 0.650. The second-order valence-electron chi connectivity index (χ2n) is 6.88. The van der Waals surface area contributed by atoms with Crippen LogP contribution in [0.15, 0.2) is 35.3 Å². The first-order valence-corrected chi connectivity index (χ1v) is 11.5. The maximum Gasteiger partial charge on any atom is 0.190 e. The summed E-state index contributed by atoms with van der Waals surface area (Å²) >= 11 is 0. The minimum absolute atomic E-state index is 0.0921. The van der Waals surface area contributed by atoms with Crippen LogP contribution < -0.4 is 10.6 Å². The van der Waals surface area contributed by atoms with Gasteiger partial charge >= 0.3 is 0 Å². The van der Waals surface area contributed by atoms with Crippen molar-refractivity contribution in [2.75, 3.05) is 32.5 Å². The highest BCUT2D eigenvalue weighted by atomic mass is 32.2. The minimum Gasteiger partial charge on any atom is -0.378 e. The molecule has 1 rings (SSSR count). The molecule has 7 heteroatoms. The summed E-state index contributed by atoms with van der Waals surface area (Å²) in [6.07, 6.45) is 1.67. The fourth-order valence-corrected chi connectivity index (χ4v) is 4.20. The van der Waals surface area contributed by atoms with Crippen molar-refractivity contribution < 1.29 is 13.2 Å². The van der Waals surface area contributed by atoms with Crippen LogP contribution in [0.2, 0.25) is 0 Å². The molecule has 0 radical (unpaired) electrons. The molecule has 0 heterocycles. The van der Waals surface area contributed by atoms with Gasteiger partial charge < -0.3 is 15.4 Å². The number of nitrogens with one attached hydrogen (secondary N) is 2. The molecule has 1 atom stereocenters. The molecule has 0 amide bonds. The molecule has 0 bridgehead atoms. The number of ether oxygens (including phenoxy) is 1. The third-order valence-electron chi connectivity index (χ3n) is 4.22. The van der Waals surface area contributed by atoms with Gasteiger partial charge in [0.15, 0.2) is 15.8 Å². The lowest BCUT2D eigenvalue weighted by molar-refractivity contribution is 0.0258. The highest BCUT2D eigenvalue weighted by Gasteiger charge is 2.13. The van der Waals surface area contributed by atoms with Crippen LogP contribution in [-0.2, 0) is 20.3 Å². The highest BCUT2D eigenvalue weighted by molar-refractivity contribution is 7.90.